The molecule has 198 valence electrons. The molecule has 3 aromatic rings. The number of rotatable bonds is 7. The molecule has 37 heavy (non-hydrogen) atoms. The summed E-state index contributed by atoms with van der Waals surface area (Å²) in [4.78, 5) is 30.2. The lowest BCUT2D eigenvalue weighted by Crippen LogP contribution is -2.42. The van der Waals surface area contributed by atoms with Crippen molar-refractivity contribution in [1.29, 1.82) is 0 Å². The van der Waals surface area contributed by atoms with E-state index in [2.05, 4.69) is 10.3 Å². The van der Waals surface area contributed by atoms with Crippen LogP contribution in [0.5, 0.6) is 0 Å². The Labute approximate surface area is 221 Å². The number of piperidine rings is 1. The van der Waals surface area contributed by atoms with Gasteiger partial charge in [0, 0.05) is 42.4 Å². The Morgan fingerprint density at radius 1 is 1.16 bits per heavy atom. The second-order valence-electron chi connectivity index (χ2n) is 10.4. The molecule has 0 spiro atoms. The van der Waals surface area contributed by atoms with Crippen LogP contribution in [0.2, 0.25) is 5.02 Å². The van der Waals surface area contributed by atoms with Gasteiger partial charge in [-0.25, -0.2) is 9.18 Å². The van der Waals surface area contributed by atoms with Gasteiger partial charge >= 0.3 is 6.09 Å². The number of benzene rings is 2. The highest BCUT2D eigenvalue weighted by Crippen LogP contribution is 2.25. The number of carbonyl (C=O) groups excluding carboxylic acids is 2. The molecule has 1 aliphatic heterocycles. The average molecular weight is 530 g/mol. The molecule has 2 aromatic carbocycles. The fraction of sp³-hybridized carbons (Fsp3) is 0.429. The molecule has 4 rings (SSSR count). The lowest BCUT2D eigenvalue weighted by atomic mass is 9.98. The Morgan fingerprint density at radius 2 is 1.86 bits per heavy atom. The molecule has 2 heterocycles. The maximum atomic E-state index is 13.5. The predicted molar refractivity (Wildman–Crippen MR) is 141 cm³/mol. The van der Waals surface area contributed by atoms with Crippen LogP contribution in [-0.4, -0.2) is 53.8 Å². The Bertz CT molecular complexity index is 1230. The van der Waals surface area contributed by atoms with E-state index >= 15 is 0 Å². The highest BCUT2D eigenvalue weighted by molar-refractivity contribution is 6.35. The molecule has 1 aliphatic rings. The summed E-state index contributed by atoms with van der Waals surface area (Å²) in [7, 11) is 0. The molecule has 1 saturated heterocycles. The van der Waals surface area contributed by atoms with Crippen molar-refractivity contribution in [3.63, 3.8) is 0 Å². The number of aromatic nitrogens is 1. The zero-order valence-corrected chi connectivity index (χ0v) is 22.1. The van der Waals surface area contributed by atoms with Gasteiger partial charge in [0.2, 0.25) is 0 Å². The molecule has 2 amide bonds. The van der Waals surface area contributed by atoms with Crippen molar-refractivity contribution >= 4 is 34.5 Å². The van der Waals surface area contributed by atoms with Gasteiger partial charge < -0.3 is 24.7 Å². The number of aromatic amines is 1. The monoisotopic (exact) mass is 529 g/mol. The summed E-state index contributed by atoms with van der Waals surface area (Å²) in [6.07, 6.45) is 3.02. The van der Waals surface area contributed by atoms with Gasteiger partial charge in [-0.15, -0.1) is 0 Å². The van der Waals surface area contributed by atoms with E-state index in [1.165, 1.54) is 12.1 Å². The minimum Gasteiger partial charge on any atom is -0.444 e. The summed E-state index contributed by atoms with van der Waals surface area (Å²) in [6.45, 7) is 7.54. The molecule has 0 aliphatic carbocycles. The number of nitrogens with zero attached hydrogens (tertiary/aromatic N) is 1. The molecule has 0 saturated carbocycles. The van der Waals surface area contributed by atoms with Crippen molar-refractivity contribution in [2.45, 2.75) is 45.3 Å². The number of nitrogens with one attached hydrogen (secondary N) is 2. The highest BCUT2D eigenvalue weighted by atomic mass is 35.5. The summed E-state index contributed by atoms with van der Waals surface area (Å²) in [6, 6.07) is 10.8. The normalized spacial score (nSPS) is 15.5. The quantitative estimate of drug-likeness (QED) is 0.387. The first-order chi connectivity index (χ1) is 17.6. The molecule has 1 atom stereocenters. The van der Waals surface area contributed by atoms with Crippen LogP contribution in [-0.2, 0) is 9.47 Å². The average Bonchev–Trinajstić information content (AvgIpc) is 3.23. The smallest absolute Gasteiger partial charge is 0.410 e. The van der Waals surface area contributed by atoms with Gasteiger partial charge in [0.1, 0.15) is 11.4 Å². The molecule has 2 N–H and O–H groups in total. The number of carbonyl (C=O) groups is 2. The fourth-order valence-electron chi connectivity index (χ4n) is 4.35. The van der Waals surface area contributed by atoms with Gasteiger partial charge in [0.05, 0.1) is 17.7 Å². The first kappa shape index (κ1) is 26.9. The van der Waals surface area contributed by atoms with E-state index in [0.29, 0.717) is 36.2 Å². The van der Waals surface area contributed by atoms with Gasteiger partial charge in [0.15, 0.2) is 0 Å². The molecule has 1 aromatic heterocycles. The van der Waals surface area contributed by atoms with Crippen LogP contribution in [0.15, 0.2) is 48.7 Å². The van der Waals surface area contributed by atoms with Crippen molar-refractivity contribution in [3.05, 3.63) is 70.6 Å². The van der Waals surface area contributed by atoms with Crippen LogP contribution >= 0.6 is 11.6 Å². The lowest BCUT2D eigenvalue weighted by molar-refractivity contribution is 0.0105. The number of fused-ring (bicyclic) bond motifs is 1. The first-order valence-corrected chi connectivity index (χ1v) is 12.9. The Morgan fingerprint density at radius 3 is 2.54 bits per heavy atom. The van der Waals surface area contributed by atoms with Crippen molar-refractivity contribution < 1.29 is 23.5 Å². The van der Waals surface area contributed by atoms with E-state index in [-0.39, 0.29) is 24.4 Å². The van der Waals surface area contributed by atoms with Crippen LogP contribution in [0.3, 0.4) is 0 Å². The van der Waals surface area contributed by atoms with Crippen LogP contribution in [0.1, 0.15) is 55.6 Å². The van der Waals surface area contributed by atoms with E-state index in [1.807, 2.05) is 20.8 Å². The van der Waals surface area contributed by atoms with E-state index in [1.54, 1.807) is 41.4 Å². The van der Waals surface area contributed by atoms with Gasteiger partial charge in [-0.05, 0) is 69.4 Å². The standard InChI is InChI=1S/C28H33ClFN3O4/c1-28(2,3)37-27(35)33-12-10-18(11-13-33)16-36-17-25(19-4-7-21(30)8-5-19)32-26(34)20-6-9-22-23(29)15-31-24(22)14-20/h4-9,14-15,18,25,31H,10-13,16-17H2,1-3H3,(H,32,34). The van der Waals surface area contributed by atoms with Crippen molar-refractivity contribution in [2.24, 2.45) is 5.92 Å². The number of amides is 2. The number of likely N-dealkylation sites (tertiary alicyclic amines) is 1. The molecular weight excluding hydrogens is 497 g/mol. The first-order valence-electron chi connectivity index (χ1n) is 12.5. The number of H-pyrrole nitrogens is 1. The Balaban J connectivity index is 1.34. The summed E-state index contributed by atoms with van der Waals surface area (Å²) < 4.78 is 25.0. The molecule has 1 unspecified atom stereocenters. The maximum absolute atomic E-state index is 13.5. The van der Waals surface area contributed by atoms with Crippen molar-refractivity contribution in [2.75, 3.05) is 26.3 Å². The molecule has 1 fully saturated rings. The Kier molecular flexibility index (Phi) is 8.39. The summed E-state index contributed by atoms with van der Waals surface area (Å²) in [5.41, 5.74) is 1.48. The number of halogens is 2. The van der Waals surface area contributed by atoms with Crippen LogP contribution in [0, 0.1) is 11.7 Å². The fourth-order valence-corrected chi connectivity index (χ4v) is 4.57. The second kappa shape index (κ2) is 11.5. The molecule has 9 heteroatoms. The van der Waals surface area contributed by atoms with Gasteiger partial charge in [-0.1, -0.05) is 29.8 Å². The molecule has 0 bridgehead atoms. The minimum atomic E-state index is -0.517. The van der Waals surface area contributed by atoms with Gasteiger partial charge in [-0.3, -0.25) is 4.79 Å². The van der Waals surface area contributed by atoms with Crippen LogP contribution in [0.4, 0.5) is 9.18 Å². The topological polar surface area (TPSA) is 83.7 Å². The summed E-state index contributed by atoms with van der Waals surface area (Å²) in [5, 5.41) is 4.46. The zero-order valence-electron chi connectivity index (χ0n) is 21.4. The highest BCUT2D eigenvalue weighted by Gasteiger charge is 2.27. The second-order valence-corrected chi connectivity index (χ2v) is 10.8. The predicted octanol–water partition coefficient (Wildman–Crippen LogP) is 6.10. The minimum absolute atomic E-state index is 0.236. The Hall–Kier alpha value is -3.10. The van der Waals surface area contributed by atoms with Gasteiger partial charge in [0.25, 0.3) is 5.91 Å². The van der Waals surface area contributed by atoms with Crippen molar-refractivity contribution in [1.82, 2.24) is 15.2 Å². The molecular formula is C28H33ClFN3O4. The summed E-state index contributed by atoms with van der Waals surface area (Å²) >= 11 is 6.15. The van der Waals surface area contributed by atoms with E-state index < -0.39 is 11.6 Å². The van der Waals surface area contributed by atoms with E-state index in [9.17, 15) is 14.0 Å². The van der Waals surface area contributed by atoms with Crippen LogP contribution < -0.4 is 5.32 Å². The lowest BCUT2D eigenvalue weighted by Gasteiger charge is -2.33. The molecule has 7 nitrogen and oxygen atoms in total. The third-order valence-corrected chi connectivity index (χ3v) is 6.69. The van der Waals surface area contributed by atoms with Crippen LogP contribution in [0.25, 0.3) is 10.9 Å². The van der Waals surface area contributed by atoms with E-state index in [0.717, 1.165) is 29.3 Å². The maximum Gasteiger partial charge on any atom is 0.410 e. The largest absolute Gasteiger partial charge is 0.444 e. The number of ether oxygens (including phenoxy) is 2. The third-order valence-electron chi connectivity index (χ3n) is 6.38. The number of hydrogen-bond donors (Lipinski definition) is 2. The number of hydrogen-bond acceptors (Lipinski definition) is 4. The van der Waals surface area contributed by atoms with E-state index in [4.69, 9.17) is 21.1 Å². The summed E-state index contributed by atoms with van der Waals surface area (Å²) in [5.74, 6) is -0.319. The molecule has 0 radical (unpaired) electrons. The van der Waals surface area contributed by atoms with Crippen molar-refractivity contribution in [3.8, 4) is 0 Å². The zero-order chi connectivity index (χ0) is 26.6. The SMILES string of the molecule is CC(C)(C)OC(=O)N1CCC(COCC(NC(=O)c2ccc3c(Cl)c[nH]c3c2)c2ccc(F)cc2)CC1. The van der Waals surface area contributed by atoms with Gasteiger partial charge in [-0.2, -0.15) is 0 Å². The third kappa shape index (κ3) is 7.23.